The van der Waals surface area contributed by atoms with Gasteiger partial charge in [0.1, 0.15) is 0 Å². The maximum Gasteiger partial charge on any atom is 0.227 e. The molecule has 0 aromatic heterocycles. The molecule has 0 bridgehead atoms. The van der Waals surface area contributed by atoms with E-state index >= 15 is 0 Å². The molecule has 0 aliphatic rings. The number of carbonyl (C=O) groups is 1. The molecule has 0 unspecified atom stereocenters. The summed E-state index contributed by atoms with van der Waals surface area (Å²) in [6.45, 7) is 7.68. The number of nitrogens with zero attached hydrogens (tertiary/aromatic N) is 1. The van der Waals surface area contributed by atoms with Crippen molar-refractivity contribution in [3.05, 3.63) is 0 Å². The van der Waals surface area contributed by atoms with Crippen molar-refractivity contribution >= 4 is 23.1 Å². The molecule has 0 aliphatic carbocycles. The van der Waals surface area contributed by atoms with Gasteiger partial charge in [0.05, 0.1) is 4.99 Å². The minimum absolute atomic E-state index is 0.129. The SMILES string of the molecule is COCCCN(CCC(N)=S)C(=O)C(C)(C)C. The van der Waals surface area contributed by atoms with E-state index in [1.165, 1.54) is 0 Å². The number of hydrogen-bond acceptors (Lipinski definition) is 3. The Morgan fingerprint density at radius 1 is 1.35 bits per heavy atom. The zero-order valence-electron chi connectivity index (χ0n) is 11.3. The Morgan fingerprint density at radius 2 is 1.94 bits per heavy atom. The lowest BCUT2D eigenvalue weighted by Crippen LogP contribution is -2.41. The summed E-state index contributed by atoms with van der Waals surface area (Å²) in [6.07, 6.45) is 1.40. The van der Waals surface area contributed by atoms with E-state index in [4.69, 9.17) is 22.7 Å². The first-order valence-corrected chi connectivity index (χ1v) is 6.26. The Morgan fingerprint density at radius 3 is 2.35 bits per heavy atom. The largest absolute Gasteiger partial charge is 0.393 e. The van der Waals surface area contributed by atoms with Crippen LogP contribution in [0.15, 0.2) is 0 Å². The van der Waals surface area contributed by atoms with Crippen molar-refractivity contribution in [2.75, 3.05) is 26.8 Å². The first-order valence-electron chi connectivity index (χ1n) is 5.85. The van der Waals surface area contributed by atoms with E-state index in [0.717, 1.165) is 6.42 Å². The molecule has 0 fully saturated rings. The smallest absolute Gasteiger partial charge is 0.227 e. The number of methoxy groups -OCH3 is 1. The van der Waals surface area contributed by atoms with Gasteiger partial charge in [0, 0.05) is 38.6 Å². The predicted molar refractivity (Wildman–Crippen MR) is 73.9 cm³/mol. The summed E-state index contributed by atoms with van der Waals surface area (Å²) in [5, 5.41) is 0. The minimum atomic E-state index is -0.372. The van der Waals surface area contributed by atoms with E-state index in [0.29, 0.717) is 31.1 Å². The van der Waals surface area contributed by atoms with Gasteiger partial charge in [0.15, 0.2) is 0 Å². The van der Waals surface area contributed by atoms with Gasteiger partial charge in [-0.15, -0.1) is 0 Å². The van der Waals surface area contributed by atoms with Crippen molar-refractivity contribution in [2.24, 2.45) is 11.1 Å². The van der Waals surface area contributed by atoms with Gasteiger partial charge < -0.3 is 15.4 Å². The van der Waals surface area contributed by atoms with Crippen molar-refractivity contribution in [2.45, 2.75) is 33.6 Å². The van der Waals surface area contributed by atoms with Crippen LogP contribution in [0.5, 0.6) is 0 Å². The van der Waals surface area contributed by atoms with Crippen LogP contribution >= 0.6 is 12.2 Å². The third kappa shape index (κ3) is 7.28. The number of carbonyl (C=O) groups excluding carboxylic acids is 1. The van der Waals surface area contributed by atoms with Crippen LogP contribution in [-0.4, -0.2) is 42.6 Å². The third-order valence-electron chi connectivity index (χ3n) is 2.33. The Labute approximate surface area is 109 Å². The molecule has 0 atom stereocenters. The van der Waals surface area contributed by atoms with Gasteiger partial charge in [-0.3, -0.25) is 4.79 Å². The average Bonchev–Trinajstić information content (AvgIpc) is 2.20. The molecule has 100 valence electrons. The molecule has 5 heteroatoms. The molecule has 0 aromatic carbocycles. The standard InChI is InChI=1S/C12H24N2O2S/c1-12(2,3)11(15)14(7-5-9-16-4)8-6-10(13)17/h5-9H2,1-4H3,(H2,13,17). The Hall–Kier alpha value is -0.680. The fraction of sp³-hybridized carbons (Fsp3) is 0.833. The van der Waals surface area contributed by atoms with Crippen molar-refractivity contribution < 1.29 is 9.53 Å². The molecular formula is C12H24N2O2S. The van der Waals surface area contributed by atoms with Gasteiger partial charge in [-0.2, -0.15) is 0 Å². The number of hydrogen-bond donors (Lipinski definition) is 1. The summed E-state index contributed by atoms with van der Waals surface area (Å²) in [7, 11) is 1.66. The van der Waals surface area contributed by atoms with Gasteiger partial charge in [0.2, 0.25) is 5.91 Å². The maximum atomic E-state index is 12.2. The van der Waals surface area contributed by atoms with E-state index in [1.807, 2.05) is 25.7 Å². The summed E-state index contributed by atoms with van der Waals surface area (Å²) >= 11 is 4.84. The highest BCUT2D eigenvalue weighted by atomic mass is 32.1. The van der Waals surface area contributed by atoms with E-state index in [1.54, 1.807) is 7.11 Å². The molecule has 2 N–H and O–H groups in total. The zero-order valence-corrected chi connectivity index (χ0v) is 12.1. The van der Waals surface area contributed by atoms with E-state index < -0.39 is 0 Å². The molecule has 0 aliphatic heterocycles. The Kier molecular flexibility index (Phi) is 7.30. The molecule has 0 heterocycles. The van der Waals surface area contributed by atoms with Crippen LogP contribution < -0.4 is 5.73 Å². The molecule has 4 nitrogen and oxygen atoms in total. The summed E-state index contributed by atoms with van der Waals surface area (Å²) < 4.78 is 4.99. The molecule has 0 spiro atoms. The summed E-state index contributed by atoms with van der Waals surface area (Å²) in [4.78, 5) is 14.4. The minimum Gasteiger partial charge on any atom is -0.393 e. The van der Waals surface area contributed by atoms with Crippen LogP contribution in [0.2, 0.25) is 0 Å². The highest BCUT2D eigenvalue weighted by Crippen LogP contribution is 2.17. The predicted octanol–water partition coefficient (Wildman–Crippen LogP) is 1.57. The second-order valence-corrected chi connectivity index (χ2v) is 5.63. The highest BCUT2D eigenvalue weighted by molar-refractivity contribution is 7.80. The van der Waals surface area contributed by atoms with Crippen LogP contribution in [0.25, 0.3) is 0 Å². The van der Waals surface area contributed by atoms with Gasteiger partial charge >= 0.3 is 0 Å². The molecular weight excluding hydrogens is 236 g/mol. The highest BCUT2D eigenvalue weighted by Gasteiger charge is 2.26. The van der Waals surface area contributed by atoms with Crippen molar-refractivity contribution in [1.29, 1.82) is 0 Å². The normalized spacial score (nSPS) is 11.3. The van der Waals surface area contributed by atoms with E-state index in [2.05, 4.69) is 0 Å². The quantitative estimate of drug-likeness (QED) is 0.558. The Balaban J connectivity index is 4.38. The molecule has 1 amide bonds. The third-order valence-corrected chi connectivity index (χ3v) is 2.54. The zero-order chi connectivity index (χ0) is 13.5. The monoisotopic (exact) mass is 260 g/mol. The topological polar surface area (TPSA) is 55.6 Å². The summed E-state index contributed by atoms with van der Waals surface area (Å²) in [6, 6.07) is 0. The van der Waals surface area contributed by atoms with E-state index in [9.17, 15) is 4.79 Å². The molecule has 17 heavy (non-hydrogen) atoms. The molecule has 0 radical (unpaired) electrons. The van der Waals surface area contributed by atoms with Crippen LogP contribution in [0, 0.1) is 5.41 Å². The first-order chi connectivity index (χ1) is 7.79. The van der Waals surface area contributed by atoms with Gasteiger partial charge in [0.25, 0.3) is 0 Å². The number of amides is 1. The summed E-state index contributed by atoms with van der Waals surface area (Å²) in [5.41, 5.74) is 5.10. The second-order valence-electron chi connectivity index (χ2n) is 5.10. The summed E-state index contributed by atoms with van der Waals surface area (Å²) in [5.74, 6) is 0.129. The van der Waals surface area contributed by atoms with Crippen LogP contribution in [0.1, 0.15) is 33.6 Å². The fourth-order valence-electron chi connectivity index (χ4n) is 1.43. The van der Waals surface area contributed by atoms with Gasteiger partial charge in [-0.25, -0.2) is 0 Å². The molecule has 0 rings (SSSR count). The van der Waals surface area contributed by atoms with Gasteiger partial charge in [-0.1, -0.05) is 33.0 Å². The van der Waals surface area contributed by atoms with Crippen LogP contribution in [-0.2, 0) is 9.53 Å². The van der Waals surface area contributed by atoms with Crippen LogP contribution in [0.3, 0.4) is 0 Å². The lowest BCUT2D eigenvalue weighted by atomic mass is 9.94. The number of ether oxygens (including phenoxy) is 1. The van der Waals surface area contributed by atoms with Crippen molar-refractivity contribution in [3.63, 3.8) is 0 Å². The lowest BCUT2D eigenvalue weighted by molar-refractivity contribution is -0.139. The number of nitrogens with two attached hydrogens (primary N) is 1. The van der Waals surface area contributed by atoms with Gasteiger partial charge in [-0.05, 0) is 6.42 Å². The Bertz CT molecular complexity index is 262. The average molecular weight is 260 g/mol. The van der Waals surface area contributed by atoms with Crippen molar-refractivity contribution in [1.82, 2.24) is 4.90 Å². The molecule has 0 saturated carbocycles. The fourth-order valence-corrected chi connectivity index (χ4v) is 1.53. The maximum absolute atomic E-state index is 12.2. The van der Waals surface area contributed by atoms with Crippen LogP contribution in [0.4, 0.5) is 0 Å². The second kappa shape index (κ2) is 7.61. The lowest BCUT2D eigenvalue weighted by Gasteiger charge is -2.29. The number of thiocarbonyl (C=S) groups is 1. The first kappa shape index (κ1) is 16.3. The van der Waals surface area contributed by atoms with E-state index in [-0.39, 0.29) is 11.3 Å². The molecule has 0 saturated heterocycles. The number of rotatable bonds is 7. The van der Waals surface area contributed by atoms with Crippen molar-refractivity contribution in [3.8, 4) is 0 Å². The molecule has 0 aromatic rings.